The lowest BCUT2D eigenvalue weighted by Gasteiger charge is -2.13. The van der Waals surface area contributed by atoms with Gasteiger partial charge in [0.25, 0.3) is 0 Å². The Hall–Kier alpha value is -2.28. The smallest absolute Gasteiger partial charge is 0.366 e. The lowest BCUT2D eigenvalue weighted by molar-refractivity contribution is -0.138. The third kappa shape index (κ3) is 3.39. The van der Waals surface area contributed by atoms with Crippen LogP contribution in [-0.2, 0) is 12.7 Å². The van der Waals surface area contributed by atoms with E-state index in [1.165, 1.54) is 12.1 Å². The standard InChI is InChI=1S/C13H13F3N4/c14-13(15,16)10-5-2-1-4-9(10)8-18-11-6-3-7-12(19-11)20-17/h1-7H,8,17H2,(H2,18,19,20). The Morgan fingerprint density at radius 1 is 1.00 bits per heavy atom. The van der Waals surface area contributed by atoms with Crippen molar-refractivity contribution in [2.45, 2.75) is 12.7 Å². The highest BCUT2D eigenvalue weighted by Crippen LogP contribution is 2.32. The van der Waals surface area contributed by atoms with Crippen molar-refractivity contribution in [3.8, 4) is 0 Å². The molecule has 0 aliphatic carbocycles. The van der Waals surface area contributed by atoms with E-state index in [4.69, 9.17) is 5.84 Å². The number of anilines is 2. The van der Waals surface area contributed by atoms with Crippen molar-refractivity contribution in [2.75, 3.05) is 10.7 Å². The second-order valence-electron chi connectivity index (χ2n) is 4.06. The molecule has 0 unspecified atom stereocenters. The second-order valence-corrected chi connectivity index (χ2v) is 4.06. The van der Waals surface area contributed by atoms with Gasteiger partial charge in [-0.3, -0.25) is 0 Å². The number of nitrogen functional groups attached to an aromatic ring is 1. The van der Waals surface area contributed by atoms with Crippen LogP contribution in [-0.4, -0.2) is 4.98 Å². The van der Waals surface area contributed by atoms with E-state index >= 15 is 0 Å². The summed E-state index contributed by atoms with van der Waals surface area (Å²) >= 11 is 0. The first-order valence-corrected chi connectivity index (χ1v) is 5.83. The molecule has 7 heteroatoms. The molecule has 0 aliphatic heterocycles. The average molecular weight is 282 g/mol. The number of hydrogen-bond donors (Lipinski definition) is 3. The number of aromatic nitrogens is 1. The summed E-state index contributed by atoms with van der Waals surface area (Å²) in [5.74, 6) is 6.09. The summed E-state index contributed by atoms with van der Waals surface area (Å²) in [7, 11) is 0. The second kappa shape index (κ2) is 5.79. The van der Waals surface area contributed by atoms with Gasteiger partial charge in [0.1, 0.15) is 11.6 Å². The average Bonchev–Trinajstić information content (AvgIpc) is 2.44. The molecular formula is C13H13F3N4. The van der Waals surface area contributed by atoms with Gasteiger partial charge in [-0.1, -0.05) is 24.3 Å². The van der Waals surface area contributed by atoms with Gasteiger partial charge in [-0.2, -0.15) is 13.2 Å². The van der Waals surface area contributed by atoms with Crippen LogP contribution in [0.4, 0.5) is 24.8 Å². The van der Waals surface area contributed by atoms with E-state index in [9.17, 15) is 13.2 Å². The molecule has 1 heterocycles. The quantitative estimate of drug-likeness (QED) is 0.596. The summed E-state index contributed by atoms with van der Waals surface area (Å²) in [4.78, 5) is 4.07. The summed E-state index contributed by atoms with van der Waals surface area (Å²) in [6.07, 6.45) is -4.37. The van der Waals surface area contributed by atoms with Gasteiger partial charge in [0.05, 0.1) is 5.56 Å². The Morgan fingerprint density at radius 2 is 1.70 bits per heavy atom. The Bertz CT molecular complexity index is 584. The molecule has 1 aromatic carbocycles. The number of pyridine rings is 1. The van der Waals surface area contributed by atoms with Crippen LogP contribution in [0.2, 0.25) is 0 Å². The maximum absolute atomic E-state index is 12.8. The zero-order valence-corrected chi connectivity index (χ0v) is 10.4. The van der Waals surface area contributed by atoms with Crippen LogP contribution in [0.25, 0.3) is 0 Å². The zero-order valence-electron chi connectivity index (χ0n) is 10.4. The summed E-state index contributed by atoms with van der Waals surface area (Å²) < 4.78 is 38.5. The van der Waals surface area contributed by atoms with E-state index in [0.29, 0.717) is 11.6 Å². The molecule has 0 aliphatic rings. The van der Waals surface area contributed by atoms with Crippen LogP contribution in [0.1, 0.15) is 11.1 Å². The third-order valence-electron chi connectivity index (χ3n) is 2.68. The normalized spacial score (nSPS) is 11.2. The highest BCUT2D eigenvalue weighted by Gasteiger charge is 2.32. The minimum atomic E-state index is -4.37. The molecule has 4 N–H and O–H groups in total. The van der Waals surface area contributed by atoms with Crippen molar-refractivity contribution in [1.82, 2.24) is 4.98 Å². The van der Waals surface area contributed by atoms with Gasteiger partial charge >= 0.3 is 6.18 Å². The van der Waals surface area contributed by atoms with Gasteiger partial charge in [0.2, 0.25) is 0 Å². The lowest BCUT2D eigenvalue weighted by atomic mass is 10.1. The van der Waals surface area contributed by atoms with Crippen molar-refractivity contribution in [1.29, 1.82) is 0 Å². The molecule has 0 bridgehead atoms. The first-order chi connectivity index (χ1) is 9.50. The molecular weight excluding hydrogens is 269 g/mol. The molecule has 0 fully saturated rings. The van der Waals surface area contributed by atoms with Crippen LogP contribution < -0.4 is 16.6 Å². The molecule has 1 aromatic heterocycles. The van der Waals surface area contributed by atoms with Gasteiger partial charge in [0, 0.05) is 6.54 Å². The third-order valence-corrected chi connectivity index (χ3v) is 2.68. The number of nitrogens with zero attached hydrogens (tertiary/aromatic N) is 1. The summed E-state index contributed by atoms with van der Waals surface area (Å²) in [6, 6.07) is 10.4. The molecule has 2 rings (SSSR count). The number of nitrogens with one attached hydrogen (secondary N) is 2. The van der Waals surface area contributed by atoms with E-state index in [-0.39, 0.29) is 12.1 Å². The Kier molecular flexibility index (Phi) is 4.09. The molecule has 4 nitrogen and oxygen atoms in total. The summed E-state index contributed by atoms with van der Waals surface area (Å²) in [6.45, 7) is 0.0245. The molecule has 2 aromatic rings. The predicted molar refractivity (Wildman–Crippen MR) is 70.8 cm³/mol. The number of alkyl halides is 3. The van der Waals surface area contributed by atoms with Crippen molar-refractivity contribution in [3.05, 3.63) is 53.6 Å². The molecule has 0 amide bonds. The number of rotatable bonds is 4. The van der Waals surface area contributed by atoms with Crippen LogP contribution in [0, 0.1) is 0 Å². The lowest BCUT2D eigenvalue weighted by Crippen LogP contribution is -2.13. The van der Waals surface area contributed by atoms with E-state index in [2.05, 4.69) is 15.7 Å². The predicted octanol–water partition coefficient (Wildman–Crippen LogP) is 3.00. The number of hydrazine groups is 1. The Labute approximate surface area is 113 Å². The monoisotopic (exact) mass is 282 g/mol. The van der Waals surface area contributed by atoms with Crippen molar-refractivity contribution < 1.29 is 13.2 Å². The zero-order chi connectivity index (χ0) is 14.6. The maximum Gasteiger partial charge on any atom is 0.416 e. The molecule has 0 atom stereocenters. The van der Waals surface area contributed by atoms with Crippen molar-refractivity contribution in [2.24, 2.45) is 5.84 Å². The molecule has 0 radical (unpaired) electrons. The highest BCUT2D eigenvalue weighted by atomic mass is 19.4. The van der Waals surface area contributed by atoms with E-state index < -0.39 is 11.7 Å². The molecule has 20 heavy (non-hydrogen) atoms. The van der Waals surface area contributed by atoms with E-state index in [1.54, 1.807) is 24.3 Å². The first-order valence-electron chi connectivity index (χ1n) is 5.83. The maximum atomic E-state index is 12.8. The number of halogens is 3. The van der Waals surface area contributed by atoms with E-state index in [1.807, 2.05) is 0 Å². The summed E-state index contributed by atoms with van der Waals surface area (Å²) in [5, 5.41) is 2.84. The SMILES string of the molecule is NNc1cccc(NCc2ccccc2C(F)(F)F)n1. The van der Waals surface area contributed by atoms with Gasteiger partial charge in [-0.25, -0.2) is 10.8 Å². The molecule has 0 spiro atoms. The first kappa shape index (κ1) is 14.1. The number of nitrogens with two attached hydrogens (primary N) is 1. The Balaban J connectivity index is 2.15. The highest BCUT2D eigenvalue weighted by molar-refractivity contribution is 5.45. The van der Waals surface area contributed by atoms with Crippen LogP contribution in [0.5, 0.6) is 0 Å². The van der Waals surface area contributed by atoms with Crippen molar-refractivity contribution >= 4 is 11.6 Å². The number of benzene rings is 1. The van der Waals surface area contributed by atoms with Gasteiger partial charge < -0.3 is 10.7 Å². The minimum Gasteiger partial charge on any atom is -0.366 e. The molecule has 106 valence electrons. The van der Waals surface area contributed by atoms with Gasteiger partial charge in [-0.05, 0) is 23.8 Å². The minimum absolute atomic E-state index is 0.0245. The van der Waals surface area contributed by atoms with E-state index in [0.717, 1.165) is 6.07 Å². The fourth-order valence-electron chi connectivity index (χ4n) is 1.75. The van der Waals surface area contributed by atoms with Crippen molar-refractivity contribution in [3.63, 3.8) is 0 Å². The summed E-state index contributed by atoms with van der Waals surface area (Å²) in [5.41, 5.74) is 1.88. The topological polar surface area (TPSA) is 63.0 Å². The fraction of sp³-hybridized carbons (Fsp3) is 0.154. The van der Waals surface area contributed by atoms with Gasteiger partial charge in [0.15, 0.2) is 0 Å². The van der Waals surface area contributed by atoms with Crippen LogP contribution >= 0.6 is 0 Å². The van der Waals surface area contributed by atoms with Crippen LogP contribution in [0.15, 0.2) is 42.5 Å². The Morgan fingerprint density at radius 3 is 2.40 bits per heavy atom. The van der Waals surface area contributed by atoms with Crippen LogP contribution in [0.3, 0.4) is 0 Å². The fourth-order valence-corrected chi connectivity index (χ4v) is 1.75. The molecule has 0 saturated carbocycles. The van der Waals surface area contributed by atoms with Gasteiger partial charge in [-0.15, -0.1) is 0 Å². The number of hydrogen-bond acceptors (Lipinski definition) is 4. The molecule has 0 saturated heterocycles. The largest absolute Gasteiger partial charge is 0.416 e.